The molecule has 14 nitrogen and oxygen atoms in total. The lowest BCUT2D eigenvalue weighted by atomic mass is 9.75. The van der Waals surface area contributed by atoms with E-state index in [9.17, 15) is 24.3 Å². The van der Waals surface area contributed by atoms with Gasteiger partial charge in [-0.1, -0.05) is 6.92 Å². The molecular formula is C28H39N9O5S. The molecule has 2 bridgehead atoms. The third kappa shape index (κ3) is 5.02. The highest BCUT2D eigenvalue weighted by Crippen LogP contribution is 2.52. The number of hydrogen-bond acceptors (Lipinski definition) is 10. The van der Waals surface area contributed by atoms with E-state index in [2.05, 4.69) is 36.4 Å². The molecule has 43 heavy (non-hydrogen) atoms. The van der Waals surface area contributed by atoms with Gasteiger partial charge in [0.05, 0.1) is 18.0 Å². The van der Waals surface area contributed by atoms with Gasteiger partial charge in [0.2, 0.25) is 17.7 Å². The van der Waals surface area contributed by atoms with Gasteiger partial charge in [-0.2, -0.15) is 0 Å². The van der Waals surface area contributed by atoms with Crippen molar-refractivity contribution in [3.05, 3.63) is 16.9 Å². The van der Waals surface area contributed by atoms with Gasteiger partial charge < -0.3 is 30.9 Å². The minimum absolute atomic E-state index is 0.0210. The van der Waals surface area contributed by atoms with Crippen LogP contribution in [0.15, 0.2) is 16.9 Å². The van der Waals surface area contributed by atoms with E-state index >= 15 is 0 Å². The van der Waals surface area contributed by atoms with Crippen molar-refractivity contribution < 1.29 is 24.3 Å². The van der Waals surface area contributed by atoms with E-state index in [0.717, 1.165) is 32.4 Å². The summed E-state index contributed by atoms with van der Waals surface area (Å²) in [7, 11) is 0. The Morgan fingerprint density at radius 2 is 2.02 bits per heavy atom. The largest absolute Gasteiger partial charge is 0.477 e. The highest BCUT2D eigenvalue weighted by molar-refractivity contribution is 8.03. The molecule has 6 aliphatic rings. The highest BCUT2D eigenvalue weighted by Gasteiger charge is 2.60. The molecule has 0 radical (unpaired) electrons. The third-order valence-electron chi connectivity index (χ3n) is 10.5. The Labute approximate surface area is 253 Å². The number of thioether (sulfide) groups is 1. The fraction of sp³-hybridized carbons (Fsp3) is 0.750. The van der Waals surface area contributed by atoms with Crippen LogP contribution in [0.4, 0.5) is 0 Å². The number of piperidine rings is 1. The summed E-state index contributed by atoms with van der Waals surface area (Å²) in [5.41, 5.74) is 0.286. The first-order valence-corrected chi connectivity index (χ1v) is 16.3. The molecule has 0 saturated carbocycles. The summed E-state index contributed by atoms with van der Waals surface area (Å²) in [5, 5.41) is 30.9. The number of likely N-dealkylation sites (tertiary alicyclic amines) is 1. The number of rotatable bonds is 8. The molecule has 7 heterocycles. The van der Waals surface area contributed by atoms with Crippen LogP contribution in [0.1, 0.15) is 52.4 Å². The van der Waals surface area contributed by atoms with Crippen LogP contribution in [0.3, 0.4) is 0 Å². The van der Waals surface area contributed by atoms with E-state index in [-0.39, 0.29) is 58.6 Å². The molecule has 2 unspecified atom stereocenters. The van der Waals surface area contributed by atoms with Crippen molar-refractivity contribution in [1.82, 2.24) is 46.0 Å². The lowest BCUT2D eigenvalue weighted by molar-refractivity contribution is -0.158. The highest BCUT2D eigenvalue weighted by atomic mass is 32.2. The molecule has 15 heteroatoms. The molecule has 4 N–H and O–H groups in total. The van der Waals surface area contributed by atoms with Crippen LogP contribution in [0.2, 0.25) is 0 Å². The zero-order chi connectivity index (χ0) is 30.0. The summed E-state index contributed by atoms with van der Waals surface area (Å²) < 4.78 is 1.29. The van der Waals surface area contributed by atoms with E-state index in [1.165, 1.54) is 40.5 Å². The van der Waals surface area contributed by atoms with Crippen LogP contribution in [0.5, 0.6) is 0 Å². The average molecular weight is 614 g/mol. The number of carboxylic acids is 1. The fourth-order valence-electron chi connectivity index (χ4n) is 8.68. The predicted molar refractivity (Wildman–Crippen MR) is 154 cm³/mol. The van der Waals surface area contributed by atoms with Gasteiger partial charge >= 0.3 is 5.97 Å². The van der Waals surface area contributed by atoms with Gasteiger partial charge in [0.1, 0.15) is 18.6 Å². The van der Waals surface area contributed by atoms with E-state index in [1.807, 2.05) is 6.92 Å². The maximum atomic E-state index is 13.6. The van der Waals surface area contributed by atoms with Crippen LogP contribution >= 0.6 is 11.8 Å². The molecular weight excluding hydrogens is 574 g/mol. The maximum absolute atomic E-state index is 13.6. The lowest BCUT2D eigenvalue weighted by Gasteiger charge is -2.47. The summed E-state index contributed by atoms with van der Waals surface area (Å²) in [6, 6.07) is 0.0703. The lowest BCUT2D eigenvalue weighted by Crippen LogP contribution is -2.66. The Kier molecular flexibility index (Phi) is 7.24. The Balaban J connectivity index is 0.972. The molecule has 1 aromatic rings. The number of carbonyl (C=O) groups excluding carboxylic acids is 3. The molecule has 3 amide bonds. The Morgan fingerprint density at radius 3 is 2.72 bits per heavy atom. The monoisotopic (exact) mass is 613 g/mol. The van der Waals surface area contributed by atoms with Crippen LogP contribution in [-0.4, -0.2) is 114 Å². The topological polar surface area (TPSA) is 175 Å². The zero-order valence-corrected chi connectivity index (χ0v) is 25.3. The van der Waals surface area contributed by atoms with Gasteiger partial charge in [-0.15, -0.1) is 16.9 Å². The number of nitrogens with one attached hydrogen (secondary N) is 3. The van der Waals surface area contributed by atoms with Gasteiger partial charge in [0, 0.05) is 53.8 Å². The normalized spacial score (nSPS) is 37.2. The van der Waals surface area contributed by atoms with Crippen molar-refractivity contribution in [2.24, 2.45) is 17.3 Å². The minimum Gasteiger partial charge on any atom is -0.477 e. The maximum Gasteiger partial charge on any atom is 0.353 e. The van der Waals surface area contributed by atoms with Crippen LogP contribution < -0.4 is 16.0 Å². The summed E-state index contributed by atoms with van der Waals surface area (Å²) in [6.07, 6.45) is 7.84. The van der Waals surface area contributed by atoms with E-state index < -0.39 is 17.9 Å². The number of fused-ring (bicyclic) bond motifs is 3. The number of hydrogen-bond donors (Lipinski definition) is 4. The van der Waals surface area contributed by atoms with Gasteiger partial charge in [-0.05, 0) is 61.3 Å². The molecule has 5 saturated heterocycles. The van der Waals surface area contributed by atoms with Crippen molar-refractivity contribution in [2.45, 2.75) is 94.4 Å². The number of aromatic nitrogens is 4. The average Bonchev–Trinajstić information content (AvgIpc) is 3.78. The third-order valence-corrected chi connectivity index (χ3v) is 12.1. The number of carbonyl (C=O) groups is 4. The van der Waals surface area contributed by atoms with Crippen molar-refractivity contribution in [3.8, 4) is 0 Å². The van der Waals surface area contributed by atoms with Crippen LogP contribution in [-0.2, 0) is 25.7 Å². The van der Waals surface area contributed by atoms with E-state index in [0.29, 0.717) is 30.0 Å². The molecule has 232 valence electrons. The minimum atomic E-state index is -1.13. The second kappa shape index (κ2) is 10.8. The summed E-state index contributed by atoms with van der Waals surface area (Å²) >= 11 is 1.48. The molecule has 7 rings (SSSR count). The molecule has 6 aliphatic heterocycles. The number of tetrazole rings is 1. The molecule has 8 atom stereocenters. The molecule has 1 aromatic heterocycles. The number of nitrogens with zero attached hydrogens (tertiary/aromatic N) is 6. The number of amides is 3. The molecule has 0 aliphatic carbocycles. The van der Waals surface area contributed by atoms with Crippen molar-refractivity contribution in [3.63, 3.8) is 0 Å². The SMILES string of the molecule is C[C@@H](NC(=O)Cn1cnnn1)[C@H]1C(=O)N2C(C(=O)O)=C(S[C@@H]3CN[C@H](C(=O)N4CCC5(CC6CCC(C5)N6)C4)C3)[C@H](C)[C@H]12. The van der Waals surface area contributed by atoms with Crippen LogP contribution in [0.25, 0.3) is 0 Å². The summed E-state index contributed by atoms with van der Waals surface area (Å²) in [4.78, 5) is 55.9. The first-order chi connectivity index (χ1) is 20.6. The summed E-state index contributed by atoms with van der Waals surface area (Å²) in [5.74, 6) is -2.35. The number of β-lactam (4-membered cyclic amide) rings is 1. The smallest absolute Gasteiger partial charge is 0.353 e. The number of aliphatic carboxylic acids is 1. The second-order valence-electron chi connectivity index (χ2n) is 13.4. The molecule has 1 spiro atoms. The first kappa shape index (κ1) is 28.7. The summed E-state index contributed by atoms with van der Waals surface area (Å²) in [6.45, 7) is 5.89. The van der Waals surface area contributed by atoms with E-state index in [4.69, 9.17) is 0 Å². The number of carboxylic acid groups (broad SMARTS) is 1. The van der Waals surface area contributed by atoms with E-state index in [1.54, 1.807) is 6.92 Å². The standard InChI is InChI=1S/C28H39N9O5S/c1-14-22-21(15(2)31-20(38)11-36-13-30-33-34-36)26(40)37(22)23(27(41)42)24(14)43-18-7-19(29-10-18)25(39)35-6-5-28(12-35)8-16-3-4-17(9-28)32-16/h13-19,21-22,29,32H,3-12H2,1-2H3,(H,31,38)(H,41,42)/t14-,15-,16?,17?,18+,19+,21-,22-,28?/m1/s1. The molecule has 0 aromatic carbocycles. The second-order valence-corrected chi connectivity index (χ2v) is 14.7. The zero-order valence-electron chi connectivity index (χ0n) is 24.4. The van der Waals surface area contributed by atoms with Crippen molar-refractivity contribution >= 4 is 35.5 Å². The fourth-order valence-corrected chi connectivity index (χ4v) is 10.2. The Hall–Kier alpha value is -3.04. The van der Waals surface area contributed by atoms with Gasteiger partial charge in [0.25, 0.3) is 0 Å². The van der Waals surface area contributed by atoms with Crippen LogP contribution in [0, 0.1) is 17.3 Å². The predicted octanol–water partition coefficient (Wildman–Crippen LogP) is -0.452. The Bertz CT molecular complexity index is 1340. The molecule has 5 fully saturated rings. The Morgan fingerprint density at radius 1 is 1.26 bits per heavy atom. The van der Waals surface area contributed by atoms with Crippen molar-refractivity contribution in [2.75, 3.05) is 19.6 Å². The quantitative estimate of drug-likeness (QED) is 0.280. The van der Waals surface area contributed by atoms with Gasteiger partial charge in [-0.3, -0.25) is 14.4 Å². The first-order valence-electron chi connectivity index (χ1n) is 15.4. The van der Waals surface area contributed by atoms with Gasteiger partial charge in [0.15, 0.2) is 0 Å². The van der Waals surface area contributed by atoms with Gasteiger partial charge in [-0.25, -0.2) is 9.48 Å². The van der Waals surface area contributed by atoms with Crippen molar-refractivity contribution in [1.29, 1.82) is 0 Å².